The Balaban J connectivity index is 1.89. The molecular weight excluding hydrogens is 354 g/mol. The second kappa shape index (κ2) is 6.26. The highest BCUT2D eigenvalue weighted by molar-refractivity contribution is 6.12. The van der Waals surface area contributed by atoms with Crippen molar-refractivity contribution in [1.29, 1.82) is 0 Å². The summed E-state index contributed by atoms with van der Waals surface area (Å²) in [6, 6.07) is 9.78. The van der Waals surface area contributed by atoms with Crippen LogP contribution >= 0.6 is 0 Å². The maximum Gasteiger partial charge on any atom is 0.161 e. The molecule has 2 heterocycles. The van der Waals surface area contributed by atoms with Crippen molar-refractivity contribution in [2.75, 3.05) is 20.8 Å². The van der Waals surface area contributed by atoms with E-state index in [9.17, 15) is 10.2 Å². The standard InChI is InChI=1S/C23H25NO4/c1-12-6-19-23(26)22-14-5-4-13(27-2)7-15(14)16-8-20(25)21(28-3)9-17(16)18(22)11-24(19)10-12/h4-5,7-9,12,19,23,25-26H,6,10-11H2,1-3H3/t12?,19-,23+/m0/s1. The first-order valence-electron chi connectivity index (χ1n) is 9.77. The summed E-state index contributed by atoms with van der Waals surface area (Å²) in [6.45, 7) is 4.05. The quantitative estimate of drug-likeness (QED) is 0.660. The number of ether oxygens (including phenoxy) is 2. The molecule has 1 saturated heterocycles. The number of nitrogens with zero attached hydrogens (tertiary/aromatic N) is 1. The normalized spacial score (nSPS) is 24.4. The van der Waals surface area contributed by atoms with E-state index in [1.165, 1.54) is 0 Å². The van der Waals surface area contributed by atoms with Crippen LogP contribution in [0.25, 0.3) is 21.5 Å². The Kier molecular flexibility index (Phi) is 3.93. The van der Waals surface area contributed by atoms with Crippen molar-refractivity contribution in [2.45, 2.75) is 32.0 Å². The molecule has 2 aliphatic rings. The number of fused-ring (bicyclic) bond motifs is 7. The van der Waals surface area contributed by atoms with Crippen molar-refractivity contribution >= 4 is 21.5 Å². The Morgan fingerprint density at radius 1 is 1.00 bits per heavy atom. The Labute approximate surface area is 164 Å². The molecule has 1 unspecified atom stereocenters. The van der Waals surface area contributed by atoms with E-state index in [0.717, 1.165) is 57.9 Å². The third-order valence-electron chi connectivity index (χ3n) is 6.46. The fourth-order valence-electron chi connectivity index (χ4n) is 5.21. The molecule has 3 atom stereocenters. The molecule has 2 aliphatic heterocycles. The molecule has 0 aromatic heterocycles. The molecule has 5 heteroatoms. The number of methoxy groups -OCH3 is 2. The van der Waals surface area contributed by atoms with Crippen molar-refractivity contribution < 1.29 is 19.7 Å². The van der Waals surface area contributed by atoms with Gasteiger partial charge in [-0.25, -0.2) is 0 Å². The number of phenols is 1. The number of phenolic OH excluding ortho intramolecular Hbond substituents is 1. The lowest BCUT2D eigenvalue weighted by atomic mass is 9.83. The van der Waals surface area contributed by atoms with Gasteiger partial charge in [0.05, 0.1) is 20.3 Å². The number of rotatable bonds is 2. The lowest BCUT2D eigenvalue weighted by Crippen LogP contribution is -2.39. The molecule has 0 radical (unpaired) electrons. The van der Waals surface area contributed by atoms with Gasteiger partial charge in [-0.3, -0.25) is 4.90 Å². The van der Waals surface area contributed by atoms with Gasteiger partial charge in [-0.15, -0.1) is 0 Å². The van der Waals surface area contributed by atoms with Crippen molar-refractivity contribution in [3.63, 3.8) is 0 Å². The lowest BCUT2D eigenvalue weighted by molar-refractivity contribution is 0.0552. The van der Waals surface area contributed by atoms with E-state index in [2.05, 4.69) is 11.8 Å². The smallest absolute Gasteiger partial charge is 0.161 e. The van der Waals surface area contributed by atoms with Gasteiger partial charge in [-0.1, -0.05) is 13.0 Å². The predicted molar refractivity (Wildman–Crippen MR) is 109 cm³/mol. The van der Waals surface area contributed by atoms with Crippen LogP contribution in [0.2, 0.25) is 0 Å². The van der Waals surface area contributed by atoms with Crippen molar-refractivity contribution in [3.8, 4) is 17.2 Å². The topological polar surface area (TPSA) is 62.2 Å². The lowest BCUT2D eigenvalue weighted by Gasteiger charge is -2.37. The van der Waals surface area contributed by atoms with Crippen molar-refractivity contribution in [2.24, 2.45) is 5.92 Å². The maximum atomic E-state index is 11.4. The van der Waals surface area contributed by atoms with E-state index in [4.69, 9.17) is 9.47 Å². The molecule has 5 rings (SSSR count). The zero-order valence-corrected chi connectivity index (χ0v) is 16.4. The molecule has 28 heavy (non-hydrogen) atoms. The molecule has 5 nitrogen and oxygen atoms in total. The van der Waals surface area contributed by atoms with Gasteiger partial charge in [0.15, 0.2) is 11.5 Å². The highest BCUT2D eigenvalue weighted by Gasteiger charge is 2.41. The Hall–Kier alpha value is -2.50. The highest BCUT2D eigenvalue weighted by Crippen LogP contribution is 2.47. The van der Waals surface area contributed by atoms with E-state index >= 15 is 0 Å². The van der Waals surface area contributed by atoms with Gasteiger partial charge < -0.3 is 19.7 Å². The molecule has 3 aromatic rings. The van der Waals surface area contributed by atoms with Crippen LogP contribution in [0.5, 0.6) is 17.2 Å². The van der Waals surface area contributed by atoms with Crippen LogP contribution in [0.4, 0.5) is 0 Å². The monoisotopic (exact) mass is 379 g/mol. The number of benzene rings is 3. The van der Waals surface area contributed by atoms with Crippen LogP contribution in [-0.4, -0.2) is 41.9 Å². The van der Waals surface area contributed by atoms with Gasteiger partial charge in [0.2, 0.25) is 0 Å². The Morgan fingerprint density at radius 2 is 1.79 bits per heavy atom. The number of aromatic hydroxyl groups is 1. The fraction of sp³-hybridized carbons (Fsp3) is 0.391. The maximum absolute atomic E-state index is 11.4. The summed E-state index contributed by atoms with van der Waals surface area (Å²) in [4.78, 5) is 2.39. The summed E-state index contributed by atoms with van der Waals surface area (Å²) in [6.07, 6.45) is 0.476. The van der Waals surface area contributed by atoms with Crippen molar-refractivity contribution in [1.82, 2.24) is 4.90 Å². The average molecular weight is 379 g/mol. The first kappa shape index (κ1) is 17.6. The van der Waals surface area contributed by atoms with E-state index in [-0.39, 0.29) is 11.8 Å². The molecule has 3 aromatic carbocycles. The minimum atomic E-state index is -0.534. The van der Waals surface area contributed by atoms with Crippen LogP contribution in [0.3, 0.4) is 0 Å². The number of hydrogen-bond donors (Lipinski definition) is 2. The largest absolute Gasteiger partial charge is 0.504 e. The first-order valence-corrected chi connectivity index (χ1v) is 9.77. The third kappa shape index (κ3) is 2.39. The van der Waals surface area contributed by atoms with Gasteiger partial charge >= 0.3 is 0 Å². The van der Waals surface area contributed by atoms with E-state index in [1.807, 2.05) is 24.3 Å². The second-order valence-corrected chi connectivity index (χ2v) is 8.16. The number of hydrogen-bond acceptors (Lipinski definition) is 5. The highest BCUT2D eigenvalue weighted by atomic mass is 16.5. The van der Waals surface area contributed by atoms with Crippen LogP contribution in [-0.2, 0) is 6.54 Å². The molecule has 2 N–H and O–H groups in total. The summed E-state index contributed by atoms with van der Waals surface area (Å²) in [5.41, 5.74) is 2.14. The van der Waals surface area contributed by atoms with Crippen LogP contribution in [0, 0.1) is 5.92 Å². The van der Waals surface area contributed by atoms with Crippen LogP contribution < -0.4 is 9.47 Å². The third-order valence-corrected chi connectivity index (χ3v) is 6.46. The summed E-state index contributed by atoms with van der Waals surface area (Å²) in [5, 5.41) is 25.7. The van der Waals surface area contributed by atoms with Gasteiger partial charge in [0, 0.05) is 19.1 Å². The average Bonchev–Trinajstić information content (AvgIpc) is 3.08. The molecule has 0 bridgehead atoms. The second-order valence-electron chi connectivity index (χ2n) is 8.16. The molecule has 1 fully saturated rings. The van der Waals surface area contributed by atoms with Crippen LogP contribution in [0.15, 0.2) is 30.3 Å². The minimum absolute atomic E-state index is 0.114. The fourth-order valence-corrected chi connectivity index (χ4v) is 5.21. The number of aliphatic hydroxyl groups is 1. The Bertz CT molecular complexity index is 1090. The van der Waals surface area contributed by atoms with Gasteiger partial charge in [0.25, 0.3) is 0 Å². The molecular formula is C23H25NO4. The minimum Gasteiger partial charge on any atom is -0.504 e. The van der Waals surface area contributed by atoms with Crippen LogP contribution in [0.1, 0.15) is 30.6 Å². The predicted octanol–water partition coefficient (Wildman–Crippen LogP) is 3.97. The first-order chi connectivity index (χ1) is 13.5. The summed E-state index contributed by atoms with van der Waals surface area (Å²) < 4.78 is 10.8. The van der Waals surface area contributed by atoms with Gasteiger partial charge in [0.1, 0.15) is 5.75 Å². The molecule has 0 saturated carbocycles. The molecule has 146 valence electrons. The summed E-state index contributed by atoms with van der Waals surface area (Å²) >= 11 is 0. The SMILES string of the molecule is COc1ccc2c3c(c4cc(OC)c(O)cc4c2c1)CN1CC(C)C[C@H]1[C@H]3O. The zero-order chi connectivity index (χ0) is 19.6. The molecule has 0 aliphatic carbocycles. The van der Waals surface area contributed by atoms with E-state index in [0.29, 0.717) is 11.7 Å². The van der Waals surface area contributed by atoms with Crippen molar-refractivity contribution in [3.05, 3.63) is 41.5 Å². The molecule has 0 spiro atoms. The van der Waals surface area contributed by atoms with E-state index < -0.39 is 6.10 Å². The molecule has 0 amide bonds. The van der Waals surface area contributed by atoms with E-state index in [1.54, 1.807) is 20.3 Å². The number of aliphatic hydroxyl groups excluding tert-OH is 1. The summed E-state index contributed by atoms with van der Waals surface area (Å²) in [7, 11) is 3.21. The van der Waals surface area contributed by atoms with Gasteiger partial charge in [-0.05, 0) is 69.3 Å². The summed E-state index contributed by atoms with van der Waals surface area (Å²) in [5.74, 6) is 1.89. The zero-order valence-electron chi connectivity index (χ0n) is 16.4. The Morgan fingerprint density at radius 3 is 2.54 bits per heavy atom. The van der Waals surface area contributed by atoms with Gasteiger partial charge in [-0.2, -0.15) is 0 Å².